The van der Waals surface area contributed by atoms with Crippen molar-refractivity contribution in [3.63, 3.8) is 0 Å². The molecule has 0 atom stereocenters. The second-order valence-corrected chi connectivity index (χ2v) is 11.7. The first kappa shape index (κ1) is 25.3. The van der Waals surface area contributed by atoms with Gasteiger partial charge in [0, 0.05) is 25.0 Å². The van der Waals surface area contributed by atoms with E-state index in [0.717, 1.165) is 37.0 Å². The van der Waals surface area contributed by atoms with E-state index in [9.17, 15) is 4.79 Å². The quantitative estimate of drug-likeness (QED) is 0.390. The number of likely N-dealkylation sites (tertiary alicyclic amines) is 1. The molecular formula is C26H34N10O3. The molecule has 5 heterocycles. The van der Waals surface area contributed by atoms with Crippen LogP contribution in [0.2, 0.25) is 0 Å². The number of amides is 1. The van der Waals surface area contributed by atoms with Gasteiger partial charge in [-0.05, 0) is 60.3 Å². The van der Waals surface area contributed by atoms with Crippen molar-refractivity contribution < 1.29 is 14.1 Å². The number of ether oxygens (including phenoxy) is 1. The lowest BCUT2D eigenvalue weighted by atomic mass is 10.0. The minimum absolute atomic E-state index is 0.0567. The molecule has 1 aliphatic heterocycles. The Balaban J connectivity index is 1.32. The molecule has 13 heteroatoms. The minimum Gasteiger partial charge on any atom is -0.444 e. The zero-order chi connectivity index (χ0) is 27.5. The number of nitrogen functional groups attached to an aromatic ring is 1. The van der Waals surface area contributed by atoms with Gasteiger partial charge in [-0.2, -0.15) is 5.10 Å². The summed E-state index contributed by atoms with van der Waals surface area (Å²) in [4.78, 5) is 22.9. The van der Waals surface area contributed by atoms with Crippen molar-refractivity contribution in [2.75, 3.05) is 18.8 Å². The number of rotatable bonds is 5. The predicted octanol–water partition coefficient (Wildman–Crippen LogP) is 4.35. The fourth-order valence-electron chi connectivity index (χ4n) is 5.07. The molecule has 0 bridgehead atoms. The van der Waals surface area contributed by atoms with E-state index in [2.05, 4.69) is 25.4 Å². The Morgan fingerprint density at radius 1 is 1.13 bits per heavy atom. The Morgan fingerprint density at radius 3 is 2.54 bits per heavy atom. The molecule has 0 unspecified atom stereocenters. The smallest absolute Gasteiger partial charge is 0.410 e. The summed E-state index contributed by atoms with van der Waals surface area (Å²) in [5.74, 6) is 1.42. The number of hydrogen-bond donors (Lipinski definition) is 1. The van der Waals surface area contributed by atoms with Gasteiger partial charge in [-0.1, -0.05) is 10.4 Å². The maximum Gasteiger partial charge on any atom is 0.410 e. The fourth-order valence-corrected chi connectivity index (χ4v) is 5.07. The lowest BCUT2D eigenvalue weighted by Gasteiger charge is -2.33. The summed E-state index contributed by atoms with van der Waals surface area (Å²) in [6, 6.07) is 0.170. The summed E-state index contributed by atoms with van der Waals surface area (Å²) in [6.07, 6.45) is 6.69. The topological polar surface area (TPSA) is 156 Å². The number of aromatic nitrogens is 8. The normalized spacial score (nSPS) is 16.9. The molecule has 39 heavy (non-hydrogen) atoms. The first-order valence-electron chi connectivity index (χ1n) is 13.5. The summed E-state index contributed by atoms with van der Waals surface area (Å²) in [6.45, 7) is 10.9. The van der Waals surface area contributed by atoms with Crippen molar-refractivity contribution in [2.24, 2.45) is 0 Å². The minimum atomic E-state index is -0.516. The third-order valence-electron chi connectivity index (χ3n) is 7.15. The highest BCUT2D eigenvalue weighted by atomic mass is 16.6. The first-order valence-corrected chi connectivity index (χ1v) is 13.5. The average molecular weight is 535 g/mol. The highest BCUT2D eigenvalue weighted by Gasteiger charge is 2.36. The van der Waals surface area contributed by atoms with Crippen molar-refractivity contribution in [1.29, 1.82) is 0 Å². The molecule has 0 radical (unpaired) electrons. The standard InChI is InChI=1S/C26H34N10O3/c1-14(2)36-24-19(23(27)28-13-29-24)20(31-36)21-18(22(39-32-21)15-6-7-15)17-12-35(33-30-17)16-8-10-34(11-9-16)25(37)38-26(3,4)5/h12-16H,6-11H2,1-5H3,(H2,27,28,29). The van der Waals surface area contributed by atoms with Gasteiger partial charge in [-0.15, -0.1) is 5.10 Å². The van der Waals surface area contributed by atoms with Crippen LogP contribution in [0, 0.1) is 0 Å². The number of hydrogen-bond acceptors (Lipinski definition) is 10. The molecular weight excluding hydrogens is 500 g/mol. The maximum atomic E-state index is 12.5. The number of carbonyl (C=O) groups excluding carboxylic acids is 1. The highest BCUT2D eigenvalue weighted by Crippen LogP contribution is 2.48. The van der Waals surface area contributed by atoms with Crippen LogP contribution in [0.15, 0.2) is 17.0 Å². The van der Waals surface area contributed by atoms with Crippen molar-refractivity contribution >= 4 is 22.9 Å². The largest absolute Gasteiger partial charge is 0.444 e. The first-order chi connectivity index (χ1) is 18.6. The summed E-state index contributed by atoms with van der Waals surface area (Å²) in [5, 5.41) is 19.0. The molecule has 206 valence electrons. The molecule has 2 fully saturated rings. The van der Waals surface area contributed by atoms with E-state index in [1.165, 1.54) is 6.33 Å². The molecule has 1 aliphatic carbocycles. The Bertz CT molecular complexity index is 1520. The molecule has 0 spiro atoms. The molecule has 0 aromatic carbocycles. The van der Waals surface area contributed by atoms with E-state index < -0.39 is 5.60 Å². The van der Waals surface area contributed by atoms with Gasteiger partial charge in [0.1, 0.15) is 40.6 Å². The predicted molar refractivity (Wildman–Crippen MR) is 143 cm³/mol. The molecule has 13 nitrogen and oxygen atoms in total. The van der Waals surface area contributed by atoms with Gasteiger partial charge in [-0.3, -0.25) is 0 Å². The van der Waals surface area contributed by atoms with Crippen LogP contribution < -0.4 is 5.73 Å². The van der Waals surface area contributed by atoms with Crippen LogP contribution in [0.1, 0.15) is 84.1 Å². The Kier molecular flexibility index (Phi) is 6.03. The third-order valence-corrected chi connectivity index (χ3v) is 7.15. The second kappa shape index (κ2) is 9.31. The number of nitrogens with two attached hydrogens (primary N) is 1. The molecule has 1 saturated carbocycles. The maximum absolute atomic E-state index is 12.5. The molecule has 1 saturated heterocycles. The van der Waals surface area contributed by atoms with Gasteiger partial charge in [0.25, 0.3) is 0 Å². The number of fused-ring (bicyclic) bond motifs is 1. The summed E-state index contributed by atoms with van der Waals surface area (Å²) in [5.41, 5.74) is 9.04. The van der Waals surface area contributed by atoms with Gasteiger partial charge in [0.2, 0.25) is 0 Å². The van der Waals surface area contributed by atoms with Gasteiger partial charge in [0.15, 0.2) is 5.65 Å². The Morgan fingerprint density at radius 2 is 1.87 bits per heavy atom. The lowest BCUT2D eigenvalue weighted by molar-refractivity contribution is 0.0184. The van der Waals surface area contributed by atoms with Gasteiger partial charge in [0.05, 0.1) is 23.2 Å². The molecule has 2 N–H and O–H groups in total. The van der Waals surface area contributed by atoms with Crippen LogP contribution >= 0.6 is 0 Å². The van der Waals surface area contributed by atoms with Crippen molar-refractivity contribution in [3.05, 3.63) is 18.3 Å². The molecule has 1 amide bonds. The van der Waals surface area contributed by atoms with Crippen LogP contribution in [-0.4, -0.2) is 69.6 Å². The van der Waals surface area contributed by atoms with Crippen molar-refractivity contribution in [1.82, 2.24) is 44.8 Å². The highest BCUT2D eigenvalue weighted by molar-refractivity contribution is 6.00. The zero-order valence-corrected chi connectivity index (χ0v) is 23.0. The monoisotopic (exact) mass is 534 g/mol. The number of carbonyl (C=O) groups is 1. The van der Waals surface area contributed by atoms with E-state index in [-0.39, 0.29) is 24.1 Å². The summed E-state index contributed by atoms with van der Waals surface area (Å²) < 4.78 is 15.2. The molecule has 2 aliphatic rings. The van der Waals surface area contributed by atoms with Crippen LogP contribution in [-0.2, 0) is 4.74 Å². The number of nitrogens with zero attached hydrogens (tertiary/aromatic N) is 9. The average Bonchev–Trinajstić information content (AvgIpc) is 3.28. The lowest BCUT2D eigenvalue weighted by Crippen LogP contribution is -2.42. The molecule has 4 aromatic heterocycles. The van der Waals surface area contributed by atoms with E-state index in [0.29, 0.717) is 47.0 Å². The zero-order valence-electron chi connectivity index (χ0n) is 23.0. The fraction of sp³-hybridized carbons (Fsp3) is 0.577. The van der Waals surface area contributed by atoms with E-state index in [4.69, 9.17) is 20.1 Å². The van der Waals surface area contributed by atoms with Crippen LogP contribution in [0.4, 0.5) is 10.6 Å². The van der Waals surface area contributed by atoms with Crippen LogP contribution in [0.3, 0.4) is 0 Å². The SMILES string of the molecule is CC(C)n1nc(-c2noc(C3CC3)c2-c2cn(C3CCN(C(=O)OC(C)(C)C)CC3)nn2)c2c(N)ncnc21. The third kappa shape index (κ3) is 4.70. The molecule has 6 rings (SSSR count). The van der Waals surface area contributed by atoms with E-state index >= 15 is 0 Å². The number of anilines is 1. The van der Waals surface area contributed by atoms with Gasteiger partial charge in [-0.25, -0.2) is 24.1 Å². The summed E-state index contributed by atoms with van der Waals surface area (Å²) >= 11 is 0. The van der Waals surface area contributed by atoms with Gasteiger partial charge >= 0.3 is 6.09 Å². The van der Waals surface area contributed by atoms with E-state index in [1.54, 1.807) is 4.90 Å². The Labute approximate surface area is 225 Å². The summed E-state index contributed by atoms with van der Waals surface area (Å²) in [7, 11) is 0. The van der Waals surface area contributed by atoms with Crippen molar-refractivity contribution in [2.45, 2.75) is 83.9 Å². The van der Waals surface area contributed by atoms with Crippen LogP contribution in [0.25, 0.3) is 33.7 Å². The van der Waals surface area contributed by atoms with E-state index in [1.807, 2.05) is 50.2 Å². The van der Waals surface area contributed by atoms with Crippen LogP contribution in [0.5, 0.6) is 0 Å². The molecule has 4 aromatic rings. The van der Waals surface area contributed by atoms with Gasteiger partial charge < -0.3 is 19.9 Å². The Hall–Kier alpha value is -4.03. The number of piperidine rings is 1. The second-order valence-electron chi connectivity index (χ2n) is 11.7. The van der Waals surface area contributed by atoms with Crippen molar-refractivity contribution in [3.8, 4) is 22.6 Å².